The summed E-state index contributed by atoms with van der Waals surface area (Å²) in [4.78, 5) is 25.1. The third kappa shape index (κ3) is 5.84. The van der Waals surface area contributed by atoms with Crippen LogP contribution in [0.2, 0.25) is 0 Å². The molecule has 7 heteroatoms. The molecule has 4 unspecified atom stereocenters. The van der Waals surface area contributed by atoms with Crippen molar-refractivity contribution in [1.29, 1.82) is 0 Å². The van der Waals surface area contributed by atoms with Gasteiger partial charge in [0.25, 0.3) is 0 Å². The van der Waals surface area contributed by atoms with Gasteiger partial charge in [-0.3, -0.25) is 0 Å². The second kappa shape index (κ2) is 10.9. The number of esters is 2. The number of hydrogen-bond acceptors (Lipinski definition) is 7. The first kappa shape index (κ1) is 22.7. The van der Waals surface area contributed by atoms with E-state index >= 15 is 0 Å². The van der Waals surface area contributed by atoms with Gasteiger partial charge in [-0.2, -0.15) is 0 Å². The lowest BCUT2D eigenvalue weighted by Crippen LogP contribution is -2.56. The highest BCUT2D eigenvalue weighted by Gasteiger charge is 2.45. The largest absolute Gasteiger partial charge is 0.453 e. The van der Waals surface area contributed by atoms with Crippen molar-refractivity contribution in [2.24, 2.45) is 0 Å². The summed E-state index contributed by atoms with van der Waals surface area (Å²) < 4.78 is 22.6. The zero-order valence-corrected chi connectivity index (χ0v) is 17.8. The smallest absolute Gasteiger partial charge is 0.338 e. The molecule has 7 nitrogen and oxygen atoms in total. The Kier molecular flexibility index (Phi) is 7.47. The predicted molar refractivity (Wildman–Crippen MR) is 118 cm³/mol. The summed E-state index contributed by atoms with van der Waals surface area (Å²) in [7, 11) is 0. The van der Waals surface area contributed by atoms with Gasteiger partial charge in [0.05, 0.1) is 24.3 Å². The van der Waals surface area contributed by atoms with Crippen LogP contribution in [0.25, 0.3) is 0 Å². The maximum absolute atomic E-state index is 12.7. The van der Waals surface area contributed by atoms with E-state index in [1.54, 1.807) is 60.7 Å². The molecule has 4 atom stereocenters. The van der Waals surface area contributed by atoms with Crippen molar-refractivity contribution in [3.8, 4) is 0 Å². The number of hydrogen-bond donors (Lipinski definition) is 1. The Hall–Kier alpha value is -3.52. The minimum Gasteiger partial charge on any atom is -0.453 e. The number of rotatable bonds is 7. The first-order valence-corrected chi connectivity index (χ1v) is 10.6. The fourth-order valence-corrected chi connectivity index (χ4v) is 3.43. The lowest BCUT2D eigenvalue weighted by molar-refractivity contribution is -0.272. The van der Waals surface area contributed by atoms with Crippen LogP contribution in [0.15, 0.2) is 91.0 Å². The van der Waals surface area contributed by atoms with Crippen LogP contribution < -0.4 is 0 Å². The van der Waals surface area contributed by atoms with Gasteiger partial charge < -0.3 is 24.1 Å². The number of aliphatic hydroxyl groups is 1. The van der Waals surface area contributed by atoms with Crippen LogP contribution >= 0.6 is 0 Å². The molecule has 1 N–H and O–H groups in total. The first-order chi connectivity index (χ1) is 16.1. The van der Waals surface area contributed by atoms with E-state index in [-0.39, 0.29) is 13.2 Å². The highest BCUT2D eigenvalue weighted by Crippen LogP contribution is 2.25. The number of benzene rings is 3. The third-order valence-electron chi connectivity index (χ3n) is 5.19. The Morgan fingerprint density at radius 3 is 1.88 bits per heavy atom. The summed E-state index contributed by atoms with van der Waals surface area (Å²) >= 11 is 0. The van der Waals surface area contributed by atoms with Gasteiger partial charge in [-0.15, -0.1) is 0 Å². The van der Waals surface area contributed by atoms with Crippen LogP contribution in [-0.2, 0) is 25.6 Å². The maximum Gasteiger partial charge on any atom is 0.338 e. The Labute approximate surface area is 191 Å². The SMILES string of the molecule is O=C(OC1COC(OCc2ccccc2)C(OC(=O)c2ccccc2)C1O)c1ccccc1. The second-order valence-electron chi connectivity index (χ2n) is 7.53. The average Bonchev–Trinajstić information content (AvgIpc) is 2.87. The molecule has 0 saturated carbocycles. The van der Waals surface area contributed by atoms with Crippen molar-refractivity contribution in [2.45, 2.75) is 31.2 Å². The fourth-order valence-electron chi connectivity index (χ4n) is 3.43. The number of ether oxygens (including phenoxy) is 4. The molecule has 170 valence electrons. The summed E-state index contributed by atoms with van der Waals surface area (Å²) in [6.45, 7) is 0.0741. The minimum absolute atomic E-state index is 0.113. The molecule has 0 spiro atoms. The van der Waals surface area contributed by atoms with E-state index in [0.29, 0.717) is 11.1 Å². The van der Waals surface area contributed by atoms with Crippen LogP contribution in [0, 0.1) is 0 Å². The van der Waals surface area contributed by atoms with Crippen LogP contribution in [0.5, 0.6) is 0 Å². The molecule has 3 aromatic rings. The van der Waals surface area contributed by atoms with Gasteiger partial charge in [0.2, 0.25) is 0 Å². The number of carbonyl (C=O) groups is 2. The Morgan fingerprint density at radius 1 is 0.788 bits per heavy atom. The standard InChI is InChI=1S/C26H24O7/c27-22-21(32-24(28)19-12-6-2-7-13-19)17-31-26(30-16-18-10-4-1-5-11-18)23(22)33-25(29)20-14-8-3-9-15-20/h1-15,21-23,26-27H,16-17H2. The van der Waals surface area contributed by atoms with Crippen molar-refractivity contribution >= 4 is 11.9 Å². The average molecular weight is 448 g/mol. The van der Waals surface area contributed by atoms with Gasteiger partial charge in [0.15, 0.2) is 18.5 Å². The van der Waals surface area contributed by atoms with Crippen molar-refractivity contribution in [3.05, 3.63) is 108 Å². The highest BCUT2D eigenvalue weighted by molar-refractivity contribution is 5.90. The summed E-state index contributed by atoms with van der Waals surface area (Å²) in [5.74, 6) is -1.26. The van der Waals surface area contributed by atoms with Gasteiger partial charge >= 0.3 is 11.9 Å². The second-order valence-corrected chi connectivity index (χ2v) is 7.53. The summed E-state index contributed by atoms with van der Waals surface area (Å²) in [6, 6.07) is 26.2. The molecule has 1 heterocycles. The van der Waals surface area contributed by atoms with E-state index in [9.17, 15) is 14.7 Å². The maximum atomic E-state index is 12.7. The summed E-state index contributed by atoms with van der Waals surface area (Å²) in [6.07, 6.45) is -4.63. The molecule has 0 radical (unpaired) electrons. The quantitative estimate of drug-likeness (QED) is 0.554. The van der Waals surface area contributed by atoms with Crippen molar-refractivity contribution in [2.75, 3.05) is 6.61 Å². The molecule has 33 heavy (non-hydrogen) atoms. The molecule has 1 saturated heterocycles. The lowest BCUT2D eigenvalue weighted by atomic mass is 10.0. The molecule has 0 aromatic heterocycles. The van der Waals surface area contributed by atoms with E-state index in [1.807, 2.05) is 30.3 Å². The topological polar surface area (TPSA) is 91.3 Å². The van der Waals surface area contributed by atoms with Gasteiger partial charge in [0, 0.05) is 0 Å². The van der Waals surface area contributed by atoms with Gasteiger partial charge in [0.1, 0.15) is 6.10 Å². The lowest BCUT2D eigenvalue weighted by Gasteiger charge is -2.38. The monoisotopic (exact) mass is 448 g/mol. The zero-order valence-electron chi connectivity index (χ0n) is 17.8. The van der Waals surface area contributed by atoms with Crippen LogP contribution in [-0.4, -0.2) is 48.3 Å². The van der Waals surface area contributed by atoms with E-state index in [0.717, 1.165) is 5.56 Å². The normalized spacial score (nSPS) is 22.3. The van der Waals surface area contributed by atoms with Crippen molar-refractivity contribution < 1.29 is 33.6 Å². The predicted octanol–water partition coefficient (Wildman–Crippen LogP) is 3.37. The summed E-state index contributed by atoms with van der Waals surface area (Å²) in [5, 5.41) is 11.0. The molecule has 0 aliphatic carbocycles. The van der Waals surface area contributed by atoms with E-state index < -0.39 is 36.5 Å². The van der Waals surface area contributed by atoms with Crippen LogP contribution in [0.3, 0.4) is 0 Å². The minimum atomic E-state index is -1.35. The molecule has 1 aliphatic rings. The van der Waals surface area contributed by atoms with Crippen LogP contribution in [0.4, 0.5) is 0 Å². The molecular formula is C26H24O7. The molecule has 1 fully saturated rings. The van der Waals surface area contributed by atoms with Gasteiger partial charge in [-0.25, -0.2) is 9.59 Å². The van der Waals surface area contributed by atoms with E-state index in [2.05, 4.69) is 0 Å². The Balaban J connectivity index is 1.48. The third-order valence-corrected chi connectivity index (χ3v) is 5.19. The molecule has 0 amide bonds. The molecule has 1 aliphatic heterocycles. The van der Waals surface area contributed by atoms with Crippen molar-refractivity contribution in [3.63, 3.8) is 0 Å². The molecule has 4 rings (SSSR count). The molecular weight excluding hydrogens is 424 g/mol. The molecule has 0 bridgehead atoms. The molecule has 3 aromatic carbocycles. The van der Waals surface area contributed by atoms with Crippen LogP contribution in [0.1, 0.15) is 26.3 Å². The Morgan fingerprint density at radius 2 is 1.30 bits per heavy atom. The van der Waals surface area contributed by atoms with E-state index in [1.165, 1.54) is 0 Å². The van der Waals surface area contributed by atoms with Crippen molar-refractivity contribution in [1.82, 2.24) is 0 Å². The first-order valence-electron chi connectivity index (χ1n) is 10.6. The Bertz CT molecular complexity index is 1040. The number of aliphatic hydroxyl groups excluding tert-OH is 1. The van der Waals surface area contributed by atoms with Gasteiger partial charge in [-0.1, -0.05) is 66.7 Å². The highest BCUT2D eigenvalue weighted by atomic mass is 16.7. The van der Waals surface area contributed by atoms with E-state index in [4.69, 9.17) is 18.9 Å². The zero-order chi connectivity index (χ0) is 23.0. The number of carbonyl (C=O) groups excluding carboxylic acids is 2. The fraction of sp³-hybridized carbons (Fsp3) is 0.231. The van der Waals surface area contributed by atoms with Gasteiger partial charge in [-0.05, 0) is 29.8 Å². The summed E-state index contributed by atoms with van der Waals surface area (Å²) in [5.41, 5.74) is 1.54.